The molecule has 8 nitrogen and oxygen atoms in total. The van der Waals surface area contributed by atoms with Crippen molar-refractivity contribution in [3.8, 4) is 17.0 Å². The van der Waals surface area contributed by atoms with Crippen LogP contribution in [0.1, 0.15) is 54.9 Å². The number of fused-ring (bicyclic) bond motifs is 1. The number of rotatable bonds is 14. The van der Waals surface area contributed by atoms with Crippen molar-refractivity contribution in [2.24, 2.45) is 0 Å². The van der Waals surface area contributed by atoms with E-state index in [9.17, 15) is 23.1 Å². The van der Waals surface area contributed by atoms with E-state index in [1.165, 1.54) is 0 Å². The van der Waals surface area contributed by atoms with Crippen molar-refractivity contribution in [1.82, 2.24) is 9.29 Å². The van der Waals surface area contributed by atoms with Crippen LogP contribution in [0.15, 0.2) is 77.7 Å². The average Bonchev–Trinajstić information content (AvgIpc) is 3.30. The highest BCUT2D eigenvalue weighted by Gasteiger charge is 2.23. The third-order valence-corrected chi connectivity index (χ3v) is 8.59. The van der Waals surface area contributed by atoms with Gasteiger partial charge < -0.3 is 9.84 Å². The van der Waals surface area contributed by atoms with Gasteiger partial charge in [-0.1, -0.05) is 50.1 Å². The fraction of sp³-hybridized carbons (Fsp3) is 0.312. The number of hydrogen-bond donors (Lipinski definition) is 2. The van der Waals surface area contributed by atoms with Crippen molar-refractivity contribution in [3.05, 3.63) is 83.9 Å². The average molecular weight is 577 g/mol. The van der Waals surface area contributed by atoms with Crippen molar-refractivity contribution in [2.75, 3.05) is 13.7 Å². The largest absolute Gasteiger partial charge is 0.497 e. The second-order valence-electron chi connectivity index (χ2n) is 9.94. The number of carboxylic acid groups (broad SMARTS) is 1. The number of benzene rings is 3. The maximum absolute atomic E-state index is 13.4. The van der Waals surface area contributed by atoms with Crippen LogP contribution in [0.5, 0.6) is 5.75 Å². The summed E-state index contributed by atoms with van der Waals surface area (Å²) in [5, 5.41) is 9.98. The minimum absolute atomic E-state index is 0.112. The monoisotopic (exact) mass is 576 g/mol. The maximum Gasteiger partial charge on any atom is 0.303 e. The third-order valence-electron chi connectivity index (χ3n) is 7.11. The second-order valence-corrected chi connectivity index (χ2v) is 11.7. The number of sulfonamides is 1. The number of hydrogen-bond acceptors (Lipinski definition) is 5. The fourth-order valence-corrected chi connectivity index (χ4v) is 6.04. The zero-order valence-electron chi connectivity index (χ0n) is 23.4. The summed E-state index contributed by atoms with van der Waals surface area (Å²) in [5.41, 5.74) is 3.90. The summed E-state index contributed by atoms with van der Waals surface area (Å²) in [6.45, 7) is 2.26. The highest BCUT2D eigenvalue weighted by molar-refractivity contribution is 7.89. The molecule has 216 valence electrons. The van der Waals surface area contributed by atoms with Crippen molar-refractivity contribution < 1.29 is 27.9 Å². The molecule has 0 spiro atoms. The minimum Gasteiger partial charge on any atom is -0.497 e. The molecule has 0 amide bonds. The van der Waals surface area contributed by atoms with Gasteiger partial charge in [0.15, 0.2) is 0 Å². The maximum atomic E-state index is 13.4. The van der Waals surface area contributed by atoms with Crippen molar-refractivity contribution in [1.29, 1.82) is 0 Å². The van der Waals surface area contributed by atoms with E-state index in [0.717, 1.165) is 47.8 Å². The lowest BCUT2D eigenvalue weighted by atomic mass is 10.0. The molecule has 4 rings (SSSR count). The molecule has 2 N–H and O–H groups in total. The van der Waals surface area contributed by atoms with Crippen LogP contribution in [0, 0.1) is 0 Å². The topological polar surface area (TPSA) is 115 Å². The standard InChI is InChI=1S/C32H36N2O6S/c1-3-4-5-8-23-11-17-26(18-12-23)41(38,39)33-22-21-28-27-9-6-7-10-29(27)34(30(35)19-20-31(36)37)32(28)24-13-15-25(40-2)16-14-24/h6-7,9-18,33H,3-5,8,19-22H2,1-2H3,(H,36,37). The third kappa shape index (κ3) is 7.23. The normalized spacial score (nSPS) is 11.6. The number of aliphatic carboxylic acids is 1. The molecular formula is C32H36N2O6S. The molecule has 0 saturated carbocycles. The molecule has 0 aliphatic heterocycles. The number of carboxylic acids is 1. The van der Waals surface area contributed by atoms with Crippen molar-refractivity contribution in [3.63, 3.8) is 0 Å². The Balaban J connectivity index is 1.65. The van der Waals surface area contributed by atoms with Crippen LogP contribution >= 0.6 is 0 Å². The van der Waals surface area contributed by atoms with Gasteiger partial charge in [-0.15, -0.1) is 0 Å². The van der Waals surface area contributed by atoms with Gasteiger partial charge in [-0.3, -0.25) is 14.2 Å². The van der Waals surface area contributed by atoms with E-state index in [-0.39, 0.29) is 30.2 Å². The number of nitrogens with zero attached hydrogens (tertiary/aromatic N) is 1. The Hall–Kier alpha value is -3.95. The molecule has 3 aromatic carbocycles. The van der Waals surface area contributed by atoms with Gasteiger partial charge in [-0.05, 0) is 78.4 Å². The fourth-order valence-electron chi connectivity index (χ4n) is 5.00. The number of unbranched alkanes of at least 4 members (excludes halogenated alkanes) is 2. The summed E-state index contributed by atoms with van der Waals surface area (Å²) in [7, 11) is -2.18. The summed E-state index contributed by atoms with van der Waals surface area (Å²) in [5.74, 6) is -0.746. The van der Waals surface area contributed by atoms with E-state index in [1.807, 2.05) is 48.5 Å². The second kappa shape index (κ2) is 13.6. The first-order valence-electron chi connectivity index (χ1n) is 13.9. The van der Waals surface area contributed by atoms with E-state index in [1.54, 1.807) is 35.9 Å². The Labute approximate surface area is 241 Å². The Morgan fingerprint density at radius 1 is 0.902 bits per heavy atom. The molecule has 41 heavy (non-hydrogen) atoms. The lowest BCUT2D eigenvalue weighted by Gasteiger charge is -2.13. The van der Waals surface area contributed by atoms with Crippen molar-refractivity contribution in [2.45, 2.75) is 56.8 Å². The zero-order valence-corrected chi connectivity index (χ0v) is 24.2. The molecule has 1 aromatic heterocycles. The zero-order chi connectivity index (χ0) is 29.4. The van der Waals surface area contributed by atoms with Crippen molar-refractivity contribution >= 4 is 32.8 Å². The van der Waals surface area contributed by atoms with Gasteiger partial charge in [0.05, 0.1) is 29.6 Å². The number of carbonyl (C=O) groups excluding carboxylic acids is 1. The summed E-state index contributed by atoms with van der Waals surface area (Å²) >= 11 is 0. The SMILES string of the molecule is CCCCCc1ccc(S(=O)(=O)NCCc2c(-c3ccc(OC)cc3)n(C(=O)CCC(=O)O)c3ccccc23)cc1. The molecule has 0 fully saturated rings. The van der Waals surface area contributed by atoms with Gasteiger partial charge in [0.2, 0.25) is 15.9 Å². The molecule has 0 radical (unpaired) electrons. The van der Waals surface area contributed by atoms with Crippen LogP contribution < -0.4 is 9.46 Å². The van der Waals surface area contributed by atoms with Crippen LogP contribution in [0.4, 0.5) is 0 Å². The van der Waals surface area contributed by atoms with Gasteiger partial charge in [0.25, 0.3) is 0 Å². The van der Waals surface area contributed by atoms with E-state index in [4.69, 9.17) is 4.74 Å². The van der Waals surface area contributed by atoms with E-state index < -0.39 is 16.0 Å². The number of ether oxygens (including phenoxy) is 1. The summed E-state index contributed by atoms with van der Waals surface area (Å²) in [6.07, 6.45) is 4.12. The predicted molar refractivity (Wildman–Crippen MR) is 160 cm³/mol. The highest BCUT2D eigenvalue weighted by Crippen LogP contribution is 2.35. The minimum atomic E-state index is -3.75. The Morgan fingerprint density at radius 2 is 1.61 bits per heavy atom. The van der Waals surface area contributed by atoms with E-state index in [0.29, 0.717) is 23.4 Å². The van der Waals surface area contributed by atoms with Crippen LogP contribution in [0.25, 0.3) is 22.2 Å². The number of aryl methyl sites for hydroxylation is 1. The Morgan fingerprint density at radius 3 is 2.27 bits per heavy atom. The van der Waals surface area contributed by atoms with E-state index >= 15 is 0 Å². The molecule has 0 aliphatic carbocycles. The van der Waals surface area contributed by atoms with Crippen LogP contribution in [-0.4, -0.2) is 43.6 Å². The van der Waals surface area contributed by atoms with Gasteiger partial charge in [0, 0.05) is 18.4 Å². The quantitative estimate of drug-likeness (QED) is 0.176. The molecule has 0 aliphatic rings. The molecule has 4 aromatic rings. The summed E-state index contributed by atoms with van der Waals surface area (Å²) < 4.78 is 35.8. The molecule has 1 heterocycles. The number of carbonyl (C=O) groups is 2. The molecular weight excluding hydrogens is 540 g/mol. The van der Waals surface area contributed by atoms with Gasteiger partial charge in [0.1, 0.15) is 5.75 Å². The number of methoxy groups -OCH3 is 1. The molecule has 0 bridgehead atoms. The summed E-state index contributed by atoms with van der Waals surface area (Å²) in [6, 6.07) is 21.6. The van der Waals surface area contributed by atoms with Crippen LogP contribution in [0.2, 0.25) is 0 Å². The Bertz CT molecular complexity index is 1610. The lowest BCUT2D eigenvalue weighted by molar-refractivity contribution is -0.137. The number of aromatic nitrogens is 1. The molecule has 0 saturated heterocycles. The van der Waals surface area contributed by atoms with Crippen LogP contribution in [-0.2, 0) is 27.7 Å². The number of para-hydroxylation sites is 1. The van der Waals surface area contributed by atoms with Gasteiger partial charge in [-0.25, -0.2) is 13.1 Å². The van der Waals surface area contributed by atoms with Gasteiger partial charge in [-0.2, -0.15) is 0 Å². The highest BCUT2D eigenvalue weighted by atomic mass is 32.2. The lowest BCUT2D eigenvalue weighted by Crippen LogP contribution is -2.26. The molecule has 0 unspecified atom stereocenters. The van der Waals surface area contributed by atoms with E-state index in [2.05, 4.69) is 11.6 Å². The smallest absolute Gasteiger partial charge is 0.303 e. The van der Waals surface area contributed by atoms with Gasteiger partial charge >= 0.3 is 5.97 Å². The number of nitrogens with one attached hydrogen (secondary N) is 1. The molecule has 0 atom stereocenters. The molecule has 9 heteroatoms. The summed E-state index contributed by atoms with van der Waals surface area (Å²) in [4.78, 5) is 24.8. The Kier molecular flexibility index (Phi) is 9.96. The first kappa shape index (κ1) is 30.0. The first-order chi connectivity index (χ1) is 19.7. The van der Waals surface area contributed by atoms with Crippen LogP contribution in [0.3, 0.4) is 0 Å². The first-order valence-corrected chi connectivity index (χ1v) is 15.3. The predicted octanol–water partition coefficient (Wildman–Crippen LogP) is 6.08.